The molecule has 0 saturated carbocycles. The van der Waals surface area contributed by atoms with Crippen LogP contribution in [-0.4, -0.2) is 22.1 Å². The molecule has 0 saturated heterocycles. The lowest BCUT2D eigenvalue weighted by Gasteiger charge is -2.07. The van der Waals surface area contributed by atoms with Crippen LogP contribution in [0.4, 0.5) is 4.39 Å². The van der Waals surface area contributed by atoms with E-state index in [0.29, 0.717) is 11.3 Å². The largest absolute Gasteiger partial charge is 0.494 e. The van der Waals surface area contributed by atoms with E-state index in [1.54, 1.807) is 30.7 Å². The minimum Gasteiger partial charge on any atom is -0.494 e. The van der Waals surface area contributed by atoms with Crippen LogP contribution in [-0.2, 0) is 0 Å². The second kappa shape index (κ2) is 6.28. The van der Waals surface area contributed by atoms with Gasteiger partial charge in [-0.05, 0) is 53.6 Å². The number of ether oxygens (including phenoxy) is 1. The van der Waals surface area contributed by atoms with Crippen LogP contribution in [0.25, 0.3) is 33.4 Å². The zero-order valence-electron chi connectivity index (χ0n) is 13.5. The molecule has 0 atom stereocenters. The molecule has 0 fully saturated rings. The number of benzene rings is 2. The summed E-state index contributed by atoms with van der Waals surface area (Å²) in [7, 11) is 1.44. The molecular formula is C20H14FN3O. The van der Waals surface area contributed by atoms with E-state index >= 15 is 0 Å². The number of nitrogens with zero attached hydrogens (tertiary/aromatic N) is 3. The predicted octanol–water partition coefficient (Wildman–Crippen LogP) is 4.51. The number of aromatic nitrogens is 3. The van der Waals surface area contributed by atoms with E-state index in [2.05, 4.69) is 15.0 Å². The van der Waals surface area contributed by atoms with Gasteiger partial charge in [0.05, 0.1) is 30.0 Å². The fourth-order valence-electron chi connectivity index (χ4n) is 2.70. The average molecular weight is 331 g/mol. The number of hydrogen-bond acceptors (Lipinski definition) is 4. The van der Waals surface area contributed by atoms with Crippen LogP contribution in [0.1, 0.15) is 0 Å². The summed E-state index contributed by atoms with van der Waals surface area (Å²) in [6.07, 6.45) is 5.17. The van der Waals surface area contributed by atoms with Crippen LogP contribution in [0.2, 0.25) is 0 Å². The van der Waals surface area contributed by atoms with Gasteiger partial charge in [-0.1, -0.05) is 6.07 Å². The van der Waals surface area contributed by atoms with Crippen molar-refractivity contribution in [1.29, 1.82) is 0 Å². The van der Waals surface area contributed by atoms with Crippen molar-refractivity contribution in [3.05, 3.63) is 72.9 Å². The number of methoxy groups -OCH3 is 1. The summed E-state index contributed by atoms with van der Waals surface area (Å²) in [5.74, 6) is -0.213. The fraction of sp³-hybridized carbons (Fsp3) is 0.0500. The van der Waals surface area contributed by atoms with Crippen molar-refractivity contribution in [3.8, 4) is 28.1 Å². The molecule has 0 amide bonds. The van der Waals surface area contributed by atoms with Crippen LogP contribution in [0.15, 0.2) is 67.1 Å². The lowest BCUT2D eigenvalue weighted by Crippen LogP contribution is -1.92. The molecule has 4 nitrogen and oxygen atoms in total. The molecule has 2 heterocycles. The van der Waals surface area contributed by atoms with Crippen molar-refractivity contribution in [2.75, 3.05) is 7.11 Å². The molecule has 2 aromatic carbocycles. The van der Waals surface area contributed by atoms with Gasteiger partial charge in [0.15, 0.2) is 11.6 Å². The molecule has 0 N–H and O–H groups in total. The Balaban J connectivity index is 1.75. The Labute approximate surface area is 144 Å². The Morgan fingerprint density at radius 3 is 2.40 bits per heavy atom. The maximum Gasteiger partial charge on any atom is 0.165 e. The van der Waals surface area contributed by atoms with Gasteiger partial charge in [0, 0.05) is 18.0 Å². The minimum absolute atomic E-state index is 0.208. The number of pyridine rings is 1. The molecule has 4 rings (SSSR count). The second-order valence-electron chi connectivity index (χ2n) is 5.54. The highest BCUT2D eigenvalue weighted by Crippen LogP contribution is 2.26. The predicted molar refractivity (Wildman–Crippen MR) is 94.7 cm³/mol. The Kier molecular flexibility index (Phi) is 3.82. The summed E-state index contributed by atoms with van der Waals surface area (Å²) in [6.45, 7) is 0. The Bertz CT molecular complexity index is 1050. The standard InChI is InChI=1S/C20H14FN3O/c1-25-20-5-3-15(10-16(20)21)19-12-23-18-11-14(2-4-17(18)24-19)13-6-8-22-9-7-13/h2-12H,1H3. The van der Waals surface area contributed by atoms with E-state index in [1.165, 1.54) is 13.2 Å². The molecule has 0 aliphatic heterocycles. The van der Waals surface area contributed by atoms with Crippen LogP contribution in [0.3, 0.4) is 0 Å². The first-order valence-corrected chi connectivity index (χ1v) is 7.76. The highest BCUT2D eigenvalue weighted by atomic mass is 19.1. The molecule has 122 valence electrons. The number of hydrogen-bond donors (Lipinski definition) is 0. The lowest BCUT2D eigenvalue weighted by atomic mass is 10.1. The summed E-state index contributed by atoms with van der Waals surface area (Å²) >= 11 is 0. The van der Waals surface area contributed by atoms with E-state index in [9.17, 15) is 4.39 Å². The van der Waals surface area contributed by atoms with Gasteiger partial charge in [-0.2, -0.15) is 0 Å². The average Bonchev–Trinajstić information content (AvgIpc) is 2.68. The molecule has 2 aromatic heterocycles. The fourth-order valence-corrected chi connectivity index (χ4v) is 2.70. The maximum absolute atomic E-state index is 13.9. The lowest BCUT2D eigenvalue weighted by molar-refractivity contribution is 0.386. The summed E-state index contributed by atoms with van der Waals surface area (Å²) in [5.41, 5.74) is 4.93. The first-order chi connectivity index (χ1) is 12.2. The molecule has 0 unspecified atom stereocenters. The summed E-state index contributed by atoms with van der Waals surface area (Å²) in [6, 6.07) is 14.5. The van der Waals surface area contributed by atoms with E-state index < -0.39 is 5.82 Å². The van der Waals surface area contributed by atoms with Crippen molar-refractivity contribution in [2.24, 2.45) is 0 Å². The maximum atomic E-state index is 13.9. The summed E-state index contributed by atoms with van der Waals surface area (Å²) in [5, 5.41) is 0. The van der Waals surface area contributed by atoms with Gasteiger partial charge in [0.1, 0.15) is 0 Å². The molecule has 0 spiro atoms. The Morgan fingerprint density at radius 2 is 1.64 bits per heavy atom. The molecule has 0 aliphatic rings. The van der Waals surface area contributed by atoms with Crippen LogP contribution < -0.4 is 4.74 Å². The summed E-state index contributed by atoms with van der Waals surface area (Å²) in [4.78, 5) is 13.1. The normalized spacial score (nSPS) is 10.8. The zero-order chi connectivity index (χ0) is 17.2. The highest BCUT2D eigenvalue weighted by Gasteiger charge is 2.08. The van der Waals surface area contributed by atoms with Crippen molar-refractivity contribution in [2.45, 2.75) is 0 Å². The van der Waals surface area contributed by atoms with Crippen molar-refractivity contribution >= 4 is 11.0 Å². The number of halogens is 1. The van der Waals surface area contributed by atoms with E-state index in [1.807, 2.05) is 30.3 Å². The van der Waals surface area contributed by atoms with E-state index in [4.69, 9.17) is 4.74 Å². The van der Waals surface area contributed by atoms with Crippen molar-refractivity contribution < 1.29 is 9.13 Å². The first-order valence-electron chi connectivity index (χ1n) is 7.76. The highest BCUT2D eigenvalue weighted by molar-refractivity contribution is 5.82. The van der Waals surface area contributed by atoms with Crippen LogP contribution in [0, 0.1) is 5.82 Å². The second-order valence-corrected chi connectivity index (χ2v) is 5.54. The first kappa shape index (κ1) is 15.2. The van der Waals surface area contributed by atoms with Gasteiger partial charge in [-0.25, -0.2) is 9.37 Å². The van der Waals surface area contributed by atoms with Gasteiger partial charge in [-0.3, -0.25) is 9.97 Å². The van der Waals surface area contributed by atoms with E-state index in [0.717, 1.165) is 22.2 Å². The Hall–Kier alpha value is -3.34. The minimum atomic E-state index is -0.421. The molecule has 4 aromatic rings. The number of fused-ring (bicyclic) bond motifs is 1. The smallest absolute Gasteiger partial charge is 0.165 e. The third-order valence-corrected chi connectivity index (χ3v) is 4.00. The topological polar surface area (TPSA) is 47.9 Å². The van der Waals surface area contributed by atoms with Gasteiger partial charge < -0.3 is 4.74 Å². The van der Waals surface area contributed by atoms with Gasteiger partial charge in [0.2, 0.25) is 0 Å². The van der Waals surface area contributed by atoms with Gasteiger partial charge in [0.25, 0.3) is 0 Å². The quantitative estimate of drug-likeness (QED) is 0.554. The van der Waals surface area contributed by atoms with Crippen molar-refractivity contribution in [3.63, 3.8) is 0 Å². The zero-order valence-corrected chi connectivity index (χ0v) is 13.5. The van der Waals surface area contributed by atoms with Crippen LogP contribution >= 0.6 is 0 Å². The third-order valence-electron chi connectivity index (χ3n) is 4.00. The molecule has 0 radical (unpaired) electrons. The molecule has 5 heteroatoms. The van der Waals surface area contributed by atoms with Crippen molar-refractivity contribution in [1.82, 2.24) is 15.0 Å². The molecule has 0 aliphatic carbocycles. The Morgan fingerprint density at radius 1 is 0.840 bits per heavy atom. The monoisotopic (exact) mass is 331 g/mol. The van der Waals surface area contributed by atoms with Gasteiger partial charge >= 0.3 is 0 Å². The van der Waals surface area contributed by atoms with Gasteiger partial charge in [-0.15, -0.1) is 0 Å². The summed E-state index contributed by atoms with van der Waals surface area (Å²) < 4.78 is 18.9. The third kappa shape index (κ3) is 2.92. The molecule has 25 heavy (non-hydrogen) atoms. The number of rotatable bonds is 3. The molecular weight excluding hydrogens is 317 g/mol. The SMILES string of the molecule is COc1ccc(-c2cnc3cc(-c4ccncc4)ccc3n2)cc1F. The van der Waals surface area contributed by atoms with E-state index in [-0.39, 0.29) is 5.75 Å². The molecule has 0 bridgehead atoms. The van der Waals surface area contributed by atoms with Crippen LogP contribution in [0.5, 0.6) is 5.75 Å².